The lowest BCUT2D eigenvalue weighted by Crippen LogP contribution is -2.28. The van der Waals surface area contributed by atoms with E-state index in [1.807, 2.05) is 74.5 Å². The van der Waals surface area contributed by atoms with Crippen LogP contribution >= 0.6 is 0 Å². The third-order valence-electron chi connectivity index (χ3n) is 5.30. The minimum atomic E-state index is -0.430. The lowest BCUT2D eigenvalue weighted by Gasteiger charge is -2.20. The molecule has 4 rings (SSSR count). The largest absolute Gasteiger partial charge is 0.492 e. The van der Waals surface area contributed by atoms with Gasteiger partial charge in [-0.25, -0.2) is 0 Å². The van der Waals surface area contributed by atoms with Crippen LogP contribution in [0.2, 0.25) is 0 Å². The van der Waals surface area contributed by atoms with Crippen LogP contribution in [0, 0.1) is 12.8 Å². The summed E-state index contributed by atoms with van der Waals surface area (Å²) < 4.78 is 11.5. The van der Waals surface area contributed by atoms with Crippen molar-refractivity contribution in [2.24, 2.45) is 5.92 Å². The molecular formula is C26H26N2O4. The summed E-state index contributed by atoms with van der Waals surface area (Å²) in [5.74, 6) is 1.40. The van der Waals surface area contributed by atoms with Crippen LogP contribution in [0.25, 0.3) is 0 Å². The Morgan fingerprint density at radius 3 is 2.56 bits per heavy atom. The molecule has 0 spiro atoms. The van der Waals surface area contributed by atoms with E-state index in [1.165, 1.54) is 0 Å². The lowest BCUT2D eigenvalue weighted by molar-refractivity contribution is -0.122. The topological polar surface area (TPSA) is 67.9 Å². The molecule has 0 aromatic heterocycles. The van der Waals surface area contributed by atoms with Crippen molar-refractivity contribution in [2.75, 3.05) is 23.4 Å². The minimum absolute atomic E-state index is 0.0841. The first kappa shape index (κ1) is 21.4. The second-order valence-electron chi connectivity index (χ2n) is 7.74. The Hall–Kier alpha value is -3.80. The Morgan fingerprint density at radius 2 is 1.81 bits per heavy atom. The van der Waals surface area contributed by atoms with Gasteiger partial charge in [-0.1, -0.05) is 24.3 Å². The van der Waals surface area contributed by atoms with E-state index >= 15 is 0 Å². The highest BCUT2D eigenvalue weighted by Gasteiger charge is 2.36. The van der Waals surface area contributed by atoms with Crippen LogP contribution in [0.1, 0.15) is 18.9 Å². The summed E-state index contributed by atoms with van der Waals surface area (Å²) in [6.45, 7) is 4.74. The molecule has 1 atom stereocenters. The first-order valence-electron chi connectivity index (χ1n) is 10.7. The number of carbonyl (C=O) groups is 2. The number of benzene rings is 3. The summed E-state index contributed by atoms with van der Waals surface area (Å²) in [4.78, 5) is 27.1. The number of amides is 2. The van der Waals surface area contributed by atoms with Crippen LogP contribution in [0.5, 0.6) is 17.2 Å². The van der Waals surface area contributed by atoms with Crippen molar-refractivity contribution in [2.45, 2.75) is 20.3 Å². The van der Waals surface area contributed by atoms with Crippen LogP contribution < -0.4 is 19.7 Å². The molecule has 0 unspecified atom stereocenters. The number of hydrogen-bond donors (Lipinski definition) is 1. The van der Waals surface area contributed by atoms with Gasteiger partial charge in [-0.2, -0.15) is 0 Å². The fraction of sp³-hybridized carbons (Fsp3) is 0.231. The maximum Gasteiger partial charge on any atom is 0.229 e. The molecule has 1 aliphatic rings. The van der Waals surface area contributed by atoms with Gasteiger partial charge in [-0.05, 0) is 67.9 Å². The SMILES string of the molecule is CCOc1ccccc1N1C[C@@H](C(=O)Nc2ccc(Oc3cccc(C)c3)cc2)CC1=O. The Labute approximate surface area is 187 Å². The zero-order valence-corrected chi connectivity index (χ0v) is 18.2. The maximum absolute atomic E-state index is 12.8. The van der Waals surface area contributed by atoms with Gasteiger partial charge in [0, 0.05) is 18.7 Å². The molecule has 6 nitrogen and oxygen atoms in total. The number of aryl methyl sites for hydroxylation is 1. The van der Waals surface area contributed by atoms with Gasteiger partial charge in [0.1, 0.15) is 17.2 Å². The molecule has 3 aromatic carbocycles. The summed E-state index contributed by atoms with van der Waals surface area (Å²) in [6, 6.07) is 22.4. The third kappa shape index (κ3) is 4.91. The van der Waals surface area contributed by atoms with E-state index in [2.05, 4.69) is 5.32 Å². The lowest BCUT2D eigenvalue weighted by atomic mass is 10.1. The van der Waals surface area contributed by atoms with Gasteiger partial charge in [0.05, 0.1) is 18.2 Å². The summed E-state index contributed by atoms with van der Waals surface area (Å²) in [5.41, 5.74) is 2.48. The quantitative estimate of drug-likeness (QED) is 0.561. The van der Waals surface area contributed by atoms with E-state index in [1.54, 1.807) is 17.0 Å². The molecule has 1 fully saturated rings. The predicted octanol–water partition coefficient (Wildman–Crippen LogP) is 5.18. The van der Waals surface area contributed by atoms with E-state index < -0.39 is 5.92 Å². The van der Waals surface area contributed by atoms with E-state index in [0.29, 0.717) is 36.0 Å². The van der Waals surface area contributed by atoms with Gasteiger partial charge >= 0.3 is 0 Å². The number of anilines is 2. The van der Waals surface area contributed by atoms with E-state index in [0.717, 1.165) is 11.3 Å². The third-order valence-corrected chi connectivity index (χ3v) is 5.30. The van der Waals surface area contributed by atoms with Crippen molar-refractivity contribution < 1.29 is 19.1 Å². The Morgan fingerprint density at radius 1 is 1.03 bits per heavy atom. The number of carbonyl (C=O) groups excluding carboxylic acids is 2. The number of nitrogens with one attached hydrogen (secondary N) is 1. The highest BCUT2D eigenvalue weighted by atomic mass is 16.5. The average molecular weight is 431 g/mol. The fourth-order valence-electron chi connectivity index (χ4n) is 3.74. The van der Waals surface area contributed by atoms with Crippen LogP contribution in [0.15, 0.2) is 72.8 Å². The zero-order valence-electron chi connectivity index (χ0n) is 18.2. The summed E-state index contributed by atoms with van der Waals surface area (Å²) in [5, 5.41) is 2.91. The number of rotatable bonds is 7. The summed E-state index contributed by atoms with van der Waals surface area (Å²) >= 11 is 0. The summed E-state index contributed by atoms with van der Waals surface area (Å²) in [6.07, 6.45) is 0.168. The minimum Gasteiger partial charge on any atom is -0.492 e. The monoisotopic (exact) mass is 430 g/mol. The van der Waals surface area contributed by atoms with E-state index in [9.17, 15) is 9.59 Å². The van der Waals surface area contributed by atoms with Gasteiger partial charge in [0.2, 0.25) is 11.8 Å². The number of para-hydroxylation sites is 2. The molecule has 0 aliphatic carbocycles. The Kier molecular flexibility index (Phi) is 6.40. The first-order chi connectivity index (χ1) is 15.5. The molecule has 164 valence electrons. The van der Waals surface area contributed by atoms with Gasteiger partial charge in [0.15, 0.2) is 0 Å². The van der Waals surface area contributed by atoms with Crippen molar-refractivity contribution in [3.8, 4) is 17.2 Å². The zero-order chi connectivity index (χ0) is 22.5. The molecule has 6 heteroatoms. The molecule has 32 heavy (non-hydrogen) atoms. The normalized spacial score (nSPS) is 15.5. The van der Waals surface area contributed by atoms with Gasteiger partial charge in [0.25, 0.3) is 0 Å². The van der Waals surface area contributed by atoms with Crippen LogP contribution in [0.4, 0.5) is 11.4 Å². The average Bonchev–Trinajstić information content (AvgIpc) is 3.17. The number of hydrogen-bond acceptors (Lipinski definition) is 4. The van der Waals surface area contributed by atoms with Gasteiger partial charge in [-0.3, -0.25) is 9.59 Å². The number of ether oxygens (including phenoxy) is 2. The van der Waals surface area contributed by atoms with E-state index in [4.69, 9.17) is 9.47 Å². The van der Waals surface area contributed by atoms with Gasteiger partial charge in [-0.15, -0.1) is 0 Å². The second-order valence-corrected chi connectivity index (χ2v) is 7.74. The van der Waals surface area contributed by atoms with Crippen molar-refractivity contribution in [1.82, 2.24) is 0 Å². The standard InChI is InChI=1S/C26H26N2O4/c1-3-31-24-10-5-4-9-23(24)28-17-19(16-25(28)29)26(30)27-20-11-13-21(14-12-20)32-22-8-6-7-18(2)15-22/h4-15,19H,3,16-17H2,1-2H3,(H,27,30)/t19-/m0/s1. The number of nitrogens with zero attached hydrogens (tertiary/aromatic N) is 1. The van der Waals surface area contributed by atoms with E-state index in [-0.39, 0.29) is 18.2 Å². The van der Waals surface area contributed by atoms with Crippen molar-refractivity contribution in [3.05, 3.63) is 78.4 Å². The molecule has 0 bridgehead atoms. The fourth-order valence-corrected chi connectivity index (χ4v) is 3.74. The molecule has 1 saturated heterocycles. The predicted molar refractivity (Wildman–Crippen MR) is 124 cm³/mol. The molecule has 1 N–H and O–H groups in total. The molecule has 0 saturated carbocycles. The maximum atomic E-state index is 12.8. The molecule has 1 aliphatic heterocycles. The Bertz CT molecular complexity index is 1110. The van der Waals surface area contributed by atoms with Crippen LogP contribution in [-0.4, -0.2) is 25.0 Å². The second kappa shape index (κ2) is 9.56. The Balaban J connectivity index is 1.39. The smallest absolute Gasteiger partial charge is 0.229 e. The summed E-state index contributed by atoms with van der Waals surface area (Å²) in [7, 11) is 0. The molecule has 0 radical (unpaired) electrons. The molecule has 3 aromatic rings. The highest BCUT2D eigenvalue weighted by molar-refractivity contribution is 6.04. The molecule has 1 heterocycles. The van der Waals surface area contributed by atoms with Gasteiger partial charge < -0.3 is 19.7 Å². The molecular weight excluding hydrogens is 404 g/mol. The molecule has 2 amide bonds. The first-order valence-corrected chi connectivity index (χ1v) is 10.7. The van der Waals surface area contributed by atoms with Crippen molar-refractivity contribution in [1.29, 1.82) is 0 Å². The van der Waals surface area contributed by atoms with Crippen molar-refractivity contribution in [3.63, 3.8) is 0 Å². The van der Waals surface area contributed by atoms with Crippen LogP contribution in [-0.2, 0) is 9.59 Å². The van der Waals surface area contributed by atoms with Crippen LogP contribution in [0.3, 0.4) is 0 Å². The highest BCUT2D eigenvalue weighted by Crippen LogP contribution is 2.33. The van der Waals surface area contributed by atoms with Crippen molar-refractivity contribution >= 4 is 23.2 Å².